The number of nitrogens with zero attached hydrogens (tertiary/aromatic N) is 2. The first-order chi connectivity index (χ1) is 24.0. The monoisotopic (exact) mass is 687 g/mol. The molecule has 7 nitrogen and oxygen atoms in total. The number of benzene rings is 5. The number of aromatic nitrogens is 1. The van der Waals surface area contributed by atoms with Crippen molar-refractivity contribution in [3.63, 3.8) is 0 Å². The minimum atomic E-state index is -2.22. The number of carbonyl (C=O) groups excluding carboxylic acids is 1. The van der Waals surface area contributed by atoms with E-state index >= 15 is 0 Å². The molecule has 0 aliphatic carbocycles. The summed E-state index contributed by atoms with van der Waals surface area (Å²) in [7, 11) is -2.22. The van der Waals surface area contributed by atoms with Crippen LogP contribution in [0, 0.1) is 11.3 Å². The van der Waals surface area contributed by atoms with E-state index in [0.29, 0.717) is 28.6 Å². The van der Waals surface area contributed by atoms with Gasteiger partial charge in [-0.3, -0.25) is 0 Å². The Balaban J connectivity index is 0.958. The van der Waals surface area contributed by atoms with E-state index in [-0.39, 0.29) is 24.0 Å². The smallest absolute Gasteiger partial charge is 0.504 e. The fourth-order valence-electron chi connectivity index (χ4n) is 6.21. The van der Waals surface area contributed by atoms with Crippen molar-refractivity contribution in [3.05, 3.63) is 132 Å². The van der Waals surface area contributed by atoms with Crippen LogP contribution in [0.4, 0.5) is 0 Å². The maximum atomic E-state index is 12.5. The van der Waals surface area contributed by atoms with Gasteiger partial charge in [-0.2, -0.15) is 5.26 Å². The molecule has 2 N–H and O–H groups in total. The Labute approximate surface area is 291 Å². The van der Waals surface area contributed by atoms with Gasteiger partial charge in [0.15, 0.2) is 16.5 Å². The van der Waals surface area contributed by atoms with Crippen molar-refractivity contribution in [2.45, 2.75) is 25.7 Å². The second-order valence-corrected chi connectivity index (χ2v) is 16.9. The van der Waals surface area contributed by atoms with Crippen molar-refractivity contribution in [3.8, 4) is 29.1 Å². The van der Waals surface area contributed by atoms with E-state index in [2.05, 4.69) is 101 Å². The number of ether oxygens (including phenoxy) is 2. The summed E-state index contributed by atoms with van der Waals surface area (Å²) < 4.78 is 12.3. The molecule has 5 aromatic carbocycles. The molecule has 0 fully saturated rings. The molecule has 0 saturated heterocycles. The summed E-state index contributed by atoms with van der Waals surface area (Å²) in [5.41, 5.74) is 0.717. The molecule has 0 bridgehead atoms. The molecule has 0 aliphatic rings. The van der Waals surface area contributed by atoms with Crippen molar-refractivity contribution in [1.29, 1.82) is 5.26 Å². The van der Waals surface area contributed by atoms with Gasteiger partial charge in [0.05, 0.1) is 10.2 Å². The molecule has 0 atom stereocenters. The topological polar surface area (TPSA) is 104 Å². The van der Waals surface area contributed by atoms with Crippen molar-refractivity contribution in [2.24, 2.45) is 0 Å². The van der Waals surface area contributed by atoms with Crippen LogP contribution in [0.3, 0.4) is 0 Å². The molecule has 0 spiro atoms. The third-order valence-corrected chi connectivity index (χ3v) is 14.6. The molecule has 1 heterocycles. The summed E-state index contributed by atoms with van der Waals surface area (Å²) in [6.07, 6.45) is 5.22. The average Bonchev–Trinajstić information content (AvgIpc) is 3.57. The van der Waals surface area contributed by atoms with Crippen LogP contribution < -0.4 is 30.7 Å². The van der Waals surface area contributed by atoms with Crippen LogP contribution in [0.25, 0.3) is 10.2 Å². The van der Waals surface area contributed by atoms with Crippen LogP contribution in [-0.2, 0) is 4.79 Å². The normalized spacial score (nSPS) is 11.5. The summed E-state index contributed by atoms with van der Waals surface area (Å²) in [6, 6.07) is 45.0. The van der Waals surface area contributed by atoms with E-state index in [1.807, 2.05) is 6.07 Å². The minimum Gasteiger partial charge on any atom is -0.504 e. The van der Waals surface area contributed by atoms with Gasteiger partial charge in [0, 0.05) is 6.07 Å². The Morgan fingerprint density at radius 2 is 1.39 bits per heavy atom. The molecule has 1 aromatic heterocycles. The molecule has 6 rings (SSSR count). The van der Waals surface area contributed by atoms with Gasteiger partial charge in [-0.15, -0.1) is 11.3 Å². The Morgan fingerprint density at radius 1 is 0.776 bits per heavy atom. The summed E-state index contributed by atoms with van der Waals surface area (Å²) in [5, 5.41) is 27.2. The molecule has 248 valence electrons. The third kappa shape index (κ3) is 8.26. The molecule has 0 radical (unpaired) electrons. The predicted molar refractivity (Wildman–Crippen MR) is 201 cm³/mol. The minimum absolute atomic E-state index is 0.112. The van der Waals surface area contributed by atoms with Gasteiger partial charge in [-0.25, -0.2) is 4.98 Å². The molecule has 0 saturated carbocycles. The fourth-order valence-corrected chi connectivity index (χ4v) is 11.9. The van der Waals surface area contributed by atoms with E-state index in [1.165, 1.54) is 33.3 Å². The zero-order chi connectivity index (χ0) is 33.9. The number of aromatic hydroxyl groups is 1. The van der Waals surface area contributed by atoms with Gasteiger partial charge in [0.1, 0.15) is 11.8 Å². The quantitative estimate of drug-likeness (QED) is 0.0859. The van der Waals surface area contributed by atoms with Gasteiger partial charge >= 0.3 is 198 Å². The molecule has 0 unspecified atom stereocenters. The van der Waals surface area contributed by atoms with Crippen LogP contribution in [-0.4, -0.2) is 35.3 Å². The van der Waals surface area contributed by atoms with Gasteiger partial charge < -0.3 is 9.84 Å². The van der Waals surface area contributed by atoms with Crippen molar-refractivity contribution in [2.75, 3.05) is 19.3 Å². The number of hydrogen-bond donors (Lipinski definition) is 2. The van der Waals surface area contributed by atoms with Crippen LogP contribution in [0.15, 0.2) is 127 Å². The van der Waals surface area contributed by atoms with Crippen LogP contribution in [0.5, 0.6) is 23.0 Å². The number of phenols is 1. The zero-order valence-electron chi connectivity index (χ0n) is 27.0. The van der Waals surface area contributed by atoms with Gasteiger partial charge in [-0.05, 0) is 18.2 Å². The van der Waals surface area contributed by atoms with Gasteiger partial charge in [-0.1, -0.05) is 0 Å². The van der Waals surface area contributed by atoms with E-state index in [1.54, 1.807) is 30.3 Å². The standard InChI is InChI=1S/C40H38N3O4PS/c41-28-40-43-35-22-20-31(27-38(35)49-40)47-37-23-21-30(26-36(37)44)46-29-39(45)42-24-12-1-2-13-25-48(32-14-6-3-7-15-32,33-16-8-4-9-17-33)34-18-10-5-11-19-34/h3-11,14-23,26-27,44,48H,1-2,12-13,24-25,29H2,(H,42,45). The van der Waals surface area contributed by atoms with E-state index < -0.39 is 7.26 Å². The molecular formula is C40H38N3O4PS. The maximum absolute atomic E-state index is 12.5. The molecule has 49 heavy (non-hydrogen) atoms. The number of thiazole rings is 1. The number of hydrogen-bond acceptors (Lipinski definition) is 7. The van der Waals surface area contributed by atoms with Crippen molar-refractivity contribution in [1.82, 2.24) is 10.3 Å². The fraction of sp³-hybridized carbons (Fsp3) is 0.175. The number of carbonyl (C=O) groups is 1. The summed E-state index contributed by atoms with van der Waals surface area (Å²) >= 11 is 1.28. The predicted octanol–water partition coefficient (Wildman–Crippen LogP) is 7.45. The summed E-state index contributed by atoms with van der Waals surface area (Å²) in [6.45, 7) is 0.432. The SMILES string of the molecule is N#Cc1nc2ccc(Oc3ccc(OCC(=O)NCCCCCC[PH](c4ccccc4)(c4ccccc4)c4ccccc4)cc3O)cc2s1. The number of nitriles is 1. The van der Waals surface area contributed by atoms with Crippen LogP contribution in [0.1, 0.15) is 30.7 Å². The van der Waals surface area contributed by atoms with E-state index in [0.717, 1.165) is 36.5 Å². The summed E-state index contributed by atoms with van der Waals surface area (Å²) in [4.78, 5) is 16.7. The number of phenolic OH excluding ortho intramolecular Hbond substituents is 1. The Bertz CT molecular complexity index is 1940. The third-order valence-electron chi connectivity index (χ3n) is 8.58. The number of unbranched alkanes of at least 4 members (excludes halogenated alkanes) is 3. The first-order valence-electron chi connectivity index (χ1n) is 16.4. The Kier molecular flexibility index (Phi) is 11.2. The van der Waals surface area contributed by atoms with E-state index in [9.17, 15) is 9.90 Å². The van der Waals surface area contributed by atoms with Crippen LogP contribution >= 0.6 is 18.6 Å². The second-order valence-electron chi connectivity index (χ2n) is 11.8. The number of nitrogens with one attached hydrogen (secondary N) is 1. The van der Waals surface area contributed by atoms with Crippen molar-refractivity contribution < 1.29 is 19.4 Å². The second kappa shape index (κ2) is 16.3. The first-order valence-corrected chi connectivity index (χ1v) is 19.5. The summed E-state index contributed by atoms with van der Waals surface area (Å²) in [5.74, 6) is 0.794. The Hall–Kier alpha value is -5.22. The molecule has 9 heteroatoms. The number of amides is 1. The van der Waals surface area contributed by atoms with E-state index in [4.69, 9.17) is 14.7 Å². The van der Waals surface area contributed by atoms with Gasteiger partial charge in [0.2, 0.25) is 0 Å². The van der Waals surface area contributed by atoms with Crippen LogP contribution in [0.2, 0.25) is 0 Å². The number of rotatable bonds is 15. The number of fused-ring (bicyclic) bond motifs is 1. The first kappa shape index (κ1) is 33.7. The molecule has 0 aliphatic heterocycles. The molecule has 6 aromatic rings. The zero-order valence-corrected chi connectivity index (χ0v) is 28.9. The Morgan fingerprint density at radius 3 is 2.00 bits per heavy atom. The van der Waals surface area contributed by atoms with Crippen molar-refractivity contribution >= 4 is 50.6 Å². The molecule has 1 amide bonds. The van der Waals surface area contributed by atoms with Gasteiger partial charge in [0.25, 0.3) is 0 Å². The molecular weight excluding hydrogens is 649 g/mol. The average molecular weight is 688 g/mol.